The molecule has 0 spiro atoms. The number of carbonyl (C=O) groups is 2. The lowest BCUT2D eigenvalue weighted by molar-refractivity contribution is -0.122. The van der Waals surface area contributed by atoms with Gasteiger partial charge in [0.1, 0.15) is 11.6 Å². The van der Waals surface area contributed by atoms with Gasteiger partial charge < -0.3 is 0 Å². The van der Waals surface area contributed by atoms with Crippen molar-refractivity contribution in [2.45, 2.75) is 84.1 Å². The van der Waals surface area contributed by atoms with Crippen LogP contribution in [0.1, 0.15) is 74.1 Å². The molecule has 2 nitrogen and oxygen atoms in total. The molecule has 0 N–H and O–H groups in total. The summed E-state index contributed by atoms with van der Waals surface area (Å²) >= 11 is 0. The topological polar surface area (TPSA) is 34.1 Å². The van der Waals surface area contributed by atoms with E-state index >= 15 is 0 Å². The van der Waals surface area contributed by atoms with Gasteiger partial charge >= 0.3 is 0 Å². The van der Waals surface area contributed by atoms with E-state index < -0.39 is 0 Å². The van der Waals surface area contributed by atoms with Crippen LogP contribution in [0.25, 0.3) is 0 Å². The summed E-state index contributed by atoms with van der Waals surface area (Å²) in [4.78, 5) is 23.4. The van der Waals surface area contributed by atoms with Crippen LogP contribution in [0.15, 0.2) is 0 Å². The molecule has 0 aromatic carbocycles. The minimum atomic E-state index is 0.103. The predicted molar refractivity (Wildman–Crippen MR) is 96.9 cm³/mol. The second kappa shape index (κ2) is 9.94. The quantitative estimate of drug-likeness (QED) is 0.465. The Kier molecular flexibility index (Phi) is 9.96. The number of Topliss-reactive ketones (excluding diaryl/α,β-unsaturated/α-hetero) is 2. The van der Waals surface area contributed by atoms with E-state index in [9.17, 15) is 9.59 Å². The first-order valence-corrected chi connectivity index (χ1v) is 10.2. The summed E-state index contributed by atoms with van der Waals surface area (Å²) in [5.41, 5.74) is 0. The van der Waals surface area contributed by atoms with Crippen molar-refractivity contribution in [3.63, 3.8) is 0 Å². The zero-order valence-electron chi connectivity index (χ0n) is 14.7. The van der Waals surface area contributed by atoms with E-state index in [4.69, 9.17) is 0 Å². The molecule has 0 saturated carbocycles. The van der Waals surface area contributed by atoms with E-state index in [0.717, 1.165) is 12.8 Å². The van der Waals surface area contributed by atoms with Crippen molar-refractivity contribution >= 4 is 33.2 Å². The molecule has 0 heterocycles. The molecular weight excluding hydrogens is 300 g/mol. The Morgan fingerprint density at radius 1 is 0.905 bits per heavy atom. The van der Waals surface area contributed by atoms with Crippen molar-refractivity contribution in [2.75, 3.05) is 0 Å². The highest BCUT2D eigenvalue weighted by molar-refractivity contribution is 8.77. The Bertz CT molecular complexity index is 336. The van der Waals surface area contributed by atoms with Crippen molar-refractivity contribution in [3.8, 4) is 0 Å². The van der Waals surface area contributed by atoms with Crippen molar-refractivity contribution in [3.05, 3.63) is 0 Å². The minimum Gasteiger partial charge on any atom is -0.299 e. The van der Waals surface area contributed by atoms with Gasteiger partial charge in [-0.2, -0.15) is 0 Å². The molecule has 4 heteroatoms. The molecule has 21 heavy (non-hydrogen) atoms. The predicted octanol–water partition coefficient (Wildman–Crippen LogP) is 5.55. The third kappa shape index (κ3) is 10.4. The average Bonchev–Trinajstić information content (AvgIpc) is 2.39. The molecule has 0 aliphatic carbocycles. The van der Waals surface area contributed by atoms with E-state index in [2.05, 4.69) is 20.8 Å². The van der Waals surface area contributed by atoms with Crippen molar-refractivity contribution in [1.29, 1.82) is 0 Å². The van der Waals surface area contributed by atoms with Gasteiger partial charge in [0.2, 0.25) is 0 Å². The molecule has 0 saturated heterocycles. The Morgan fingerprint density at radius 3 is 1.86 bits per heavy atom. The van der Waals surface area contributed by atoms with Crippen LogP contribution in [0.3, 0.4) is 0 Å². The molecule has 0 aromatic rings. The van der Waals surface area contributed by atoms with Gasteiger partial charge in [-0.1, -0.05) is 56.2 Å². The largest absolute Gasteiger partial charge is 0.299 e. The number of hydrogen-bond acceptors (Lipinski definition) is 4. The maximum Gasteiger partial charge on any atom is 0.135 e. The van der Waals surface area contributed by atoms with Gasteiger partial charge in [-0.05, 0) is 26.7 Å². The standard InChI is InChI=1S/C17H32O2S2/c1-12(2)15(18)9-8-14(5)20-21-17(6,7)11-10-16(19)13(3)4/h12-14H,8-11H2,1-7H3. The average molecular weight is 333 g/mol. The Balaban J connectivity index is 4.01. The molecule has 0 fully saturated rings. The fraction of sp³-hybridized carbons (Fsp3) is 0.882. The number of carbonyl (C=O) groups excluding carboxylic acids is 2. The van der Waals surface area contributed by atoms with Crippen LogP contribution >= 0.6 is 21.6 Å². The molecule has 124 valence electrons. The van der Waals surface area contributed by atoms with Gasteiger partial charge in [-0.25, -0.2) is 0 Å². The van der Waals surface area contributed by atoms with E-state index in [0.29, 0.717) is 29.7 Å². The highest BCUT2D eigenvalue weighted by Crippen LogP contribution is 2.42. The number of hydrogen-bond donors (Lipinski definition) is 0. The normalized spacial score (nSPS) is 13.8. The van der Waals surface area contributed by atoms with Gasteiger partial charge in [0.25, 0.3) is 0 Å². The summed E-state index contributed by atoms with van der Waals surface area (Å²) in [6.07, 6.45) is 3.20. The maximum absolute atomic E-state index is 11.7. The second-order valence-corrected chi connectivity index (χ2v) is 10.4. The lowest BCUT2D eigenvalue weighted by Crippen LogP contribution is -2.18. The zero-order chi connectivity index (χ0) is 16.6. The Hall–Kier alpha value is 0.0400. The maximum atomic E-state index is 11.7. The monoisotopic (exact) mass is 332 g/mol. The summed E-state index contributed by atoms with van der Waals surface area (Å²) in [7, 11) is 3.70. The fourth-order valence-corrected chi connectivity index (χ4v) is 4.29. The van der Waals surface area contributed by atoms with Crippen LogP contribution in [0.4, 0.5) is 0 Å². The van der Waals surface area contributed by atoms with Gasteiger partial charge in [0, 0.05) is 34.7 Å². The van der Waals surface area contributed by atoms with Crippen LogP contribution in [-0.4, -0.2) is 21.6 Å². The summed E-state index contributed by atoms with van der Waals surface area (Å²) < 4.78 is 0.103. The molecule has 0 amide bonds. The molecule has 1 unspecified atom stereocenters. The molecule has 1 atom stereocenters. The number of rotatable bonds is 11. The van der Waals surface area contributed by atoms with Crippen molar-refractivity contribution in [1.82, 2.24) is 0 Å². The molecular formula is C17H32O2S2. The van der Waals surface area contributed by atoms with Gasteiger partial charge in [-0.3, -0.25) is 9.59 Å². The van der Waals surface area contributed by atoms with Gasteiger partial charge in [0.05, 0.1) is 0 Å². The molecule has 0 aliphatic heterocycles. The SMILES string of the molecule is CC(CCC(=O)C(C)C)SSC(C)(C)CCC(=O)C(C)C. The smallest absolute Gasteiger partial charge is 0.135 e. The fourth-order valence-electron chi connectivity index (χ4n) is 1.65. The summed E-state index contributed by atoms with van der Waals surface area (Å²) in [6, 6.07) is 0. The highest BCUT2D eigenvalue weighted by Gasteiger charge is 2.22. The Labute approximate surface area is 139 Å². The third-order valence-corrected chi connectivity index (χ3v) is 7.44. The summed E-state index contributed by atoms with van der Waals surface area (Å²) in [5.74, 6) is 0.992. The minimum absolute atomic E-state index is 0.103. The molecule has 0 aliphatic rings. The van der Waals surface area contributed by atoms with Crippen LogP contribution in [0.2, 0.25) is 0 Å². The van der Waals surface area contributed by atoms with Gasteiger partial charge in [-0.15, -0.1) is 0 Å². The molecule has 0 aromatic heterocycles. The summed E-state index contributed by atoms with van der Waals surface area (Å²) in [5, 5.41) is 0.470. The van der Waals surface area contributed by atoms with E-state index in [1.54, 1.807) is 0 Å². The third-order valence-electron chi connectivity index (χ3n) is 3.50. The van der Waals surface area contributed by atoms with Gasteiger partial charge in [0.15, 0.2) is 0 Å². The van der Waals surface area contributed by atoms with E-state index in [-0.39, 0.29) is 16.6 Å². The Morgan fingerprint density at radius 2 is 1.38 bits per heavy atom. The molecule has 0 radical (unpaired) electrons. The molecule has 0 bridgehead atoms. The lowest BCUT2D eigenvalue weighted by Gasteiger charge is -2.25. The van der Waals surface area contributed by atoms with E-state index in [1.807, 2.05) is 49.3 Å². The first kappa shape index (κ1) is 21.0. The van der Waals surface area contributed by atoms with E-state index in [1.165, 1.54) is 0 Å². The van der Waals surface area contributed by atoms with Crippen LogP contribution < -0.4 is 0 Å². The van der Waals surface area contributed by atoms with Crippen molar-refractivity contribution in [2.24, 2.45) is 11.8 Å². The lowest BCUT2D eigenvalue weighted by atomic mass is 9.99. The van der Waals surface area contributed by atoms with Crippen molar-refractivity contribution < 1.29 is 9.59 Å². The van der Waals surface area contributed by atoms with Crippen LogP contribution in [0, 0.1) is 11.8 Å². The highest BCUT2D eigenvalue weighted by atomic mass is 33.1. The first-order valence-electron chi connectivity index (χ1n) is 7.95. The first-order chi connectivity index (χ1) is 9.55. The second-order valence-electron chi connectivity index (χ2n) is 7.03. The zero-order valence-corrected chi connectivity index (χ0v) is 16.3. The molecule has 0 rings (SSSR count). The summed E-state index contributed by atoms with van der Waals surface area (Å²) in [6.45, 7) is 14.4. The van der Waals surface area contributed by atoms with Crippen LogP contribution in [0.5, 0.6) is 0 Å². The van der Waals surface area contributed by atoms with Crippen LogP contribution in [-0.2, 0) is 9.59 Å². The number of ketones is 2.